The van der Waals surface area contributed by atoms with Crippen molar-refractivity contribution in [2.45, 2.75) is 62.8 Å². The van der Waals surface area contributed by atoms with E-state index in [-0.39, 0.29) is 11.8 Å². The predicted octanol–water partition coefficient (Wildman–Crippen LogP) is 7.83. The third-order valence-corrected chi connectivity index (χ3v) is 9.59. The molecule has 4 aromatic rings. The number of hydrogen-bond acceptors (Lipinski definition) is 7. The Balaban J connectivity index is 1.25. The second kappa shape index (κ2) is 13.1. The Hall–Kier alpha value is -4.33. The molecule has 5 rings (SSSR count). The lowest BCUT2D eigenvalue weighted by atomic mass is 10.0. The molecular formula is C34H34N4O4S2. The summed E-state index contributed by atoms with van der Waals surface area (Å²) < 4.78 is 5.52. The van der Waals surface area contributed by atoms with Gasteiger partial charge in [-0.25, -0.2) is 4.79 Å². The third kappa shape index (κ3) is 7.24. The zero-order valence-electron chi connectivity index (χ0n) is 25.1. The van der Waals surface area contributed by atoms with E-state index >= 15 is 0 Å². The molecule has 0 bridgehead atoms. The van der Waals surface area contributed by atoms with Crippen molar-refractivity contribution < 1.29 is 19.1 Å². The Morgan fingerprint density at radius 3 is 2.55 bits per heavy atom. The first-order valence-corrected chi connectivity index (χ1v) is 16.1. The maximum Gasteiger partial charge on any atom is 0.410 e. The molecule has 0 radical (unpaired) electrons. The van der Waals surface area contributed by atoms with Crippen molar-refractivity contribution in [1.82, 2.24) is 4.90 Å². The summed E-state index contributed by atoms with van der Waals surface area (Å²) in [6.07, 6.45) is 0.690. The number of fused-ring (bicyclic) bond motifs is 2. The van der Waals surface area contributed by atoms with Crippen LogP contribution in [0.15, 0.2) is 71.6 Å². The molecule has 1 aromatic heterocycles. The maximum absolute atomic E-state index is 13.4. The van der Waals surface area contributed by atoms with Crippen molar-refractivity contribution in [3.05, 3.63) is 88.3 Å². The number of hydrogen-bond donors (Lipinski definition) is 2. The average Bonchev–Trinajstić information content (AvgIpc) is 3.34. The molecule has 1 atom stereocenters. The van der Waals surface area contributed by atoms with E-state index < -0.39 is 16.9 Å². The number of rotatable bonds is 7. The molecule has 2 N–H and O–H groups in total. The van der Waals surface area contributed by atoms with Crippen LogP contribution in [-0.2, 0) is 22.5 Å². The summed E-state index contributed by atoms with van der Waals surface area (Å²) >= 11 is 2.74. The van der Waals surface area contributed by atoms with Gasteiger partial charge < -0.3 is 20.3 Å². The minimum Gasteiger partial charge on any atom is -0.444 e. The van der Waals surface area contributed by atoms with E-state index in [1.807, 2.05) is 88.4 Å². The quantitative estimate of drug-likeness (QED) is 0.202. The smallest absolute Gasteiger partial charge is 0.410 e. The number of carbonyl (C=O) groups is 3. The van der Waals surface area contributed by atoms with E-state index in [1.54, 1.807) is 11.0 Å². The van der Waals surface area contributed by atoms with Crippen molar-refractivity contribution in [3.63, 3.8) is 0 Å². The van der Waals surface area contributed by atoms with Crippen molar-refractivity contribution in [3.8, 4) is 6.07 Å². The Morgan fingerprint density at radius 1 is 1.05 bits per heavy atom. The van der Waals surface area contributed by atoms with Crippen molar-refractivity contribution in [2.24, 2.45) is 0 Å². The highest BCUT2D eigenvalue weighted by Gasteiger charge is 2.31. The molecule has 3 amide bonds. The summed E-state index contributed by atoms with van der Waals surface area (Å²) in [5, 5.41) is 18.0. The number of nitriles is 1. The van der Waals surface area contributed by atoms with E-state index in [0.717, 1.165) is 26.1 Å². The fourth-order valence-corrected chi connectivity index (χ4v) is 7.18. The molecule has 2 heterocycles. The van der Waals surface area contributed by atoms with Gasteiger partial charge in [0.2, 0.25) is 5.91 Å². The van der Waals surface area contributed by atoms with Crippen LogP contribution in [0.5, 0.6) is 0 Å². The first-order chi connectivity index (χ1) is 21.0. The lowest BCUT2D eigenvalue weighted by molar-refractivity contribution is -0.115. The molecule has 0 aliphatic carbocycles. The van der Waals surface area contributed by atoms with Gasteiger partial charge in [0.05, 0.1) is 17.4 Å². The lowest BCUT2D eigenvalue weighted by Crippen LogP contribution is -2.39. The number of thioether (sulfide) groups is 1. The van der Waals surface area contributed by atoms with Crippen molar-refractivity contribution in [2.75, 3.05) is 17.2 Å². The Kier molecular flexibility index (Phi) is 9.28. The third-order valence-electron chi connectivity index (χ3n) is 7.10. The molecule has 1 aliphatic rings. The molecule has 0 saturated carbocycles. The van der Waals surface area contributed by atoms with Crippen LogP contribution in [0.3, 0.4) is 0 Å². The molecule has 0 fully saturated rings. The molecular weight excluding hydrogens is 593 g/mol. The molecule has 8 nitrogen and oxygen atoms in total. The Bertz CT molecular complexity index is 1770. The standard InChI is InChI=1S/C34H34N4O4S2/c1-5-28(31(40)37-32-27(19-35)26-15-16-38(20-29(26)44-32)33(41)42-34(2,3)4)43-25-12-8-11-24(18-25)36-30(39)23-14-13-21-9-6-7-10-22(21)17-23/h6-14,17-18,28H,5,15-16,20H2,1-4H3,(H,36,39)(H,37,40). The number of anilines is 2. The lowest BCUT2D eigenvalue weighted by Gasteiger charge is -2.29. The number of benzene rings is 3. The molecule has 44 heavy (non-hydrogen) atoms. The van der Waals surface area contributed by atoms with Gasteiger partial charge in [0.1, 0.15) is 16.7 Å². The summed E-state index contributed by atoms with van der Waals surface area (Å²) in [5.41, 5.74) is 1.94. The second-order valence-electron chi connectivity index (χ2n) is 11.5. The minimum absolute atomic E-state index is 0.206. The number of thiophene rings is 1. The highest BCUT2D eigenvalue weighted by atomic mass is 32.2. The molecule has 1 aliphatic heterocycles. The van der Waals surface area contributed by atoms with Gasteiger partial charge >= 0.3 is 6.09 Å². The van der Waals surface area contributed by atoms with E-state index in [0.29, 0.717) is 47.7 Å². The van der Waals surface area contributed by atoms with Crippen LogP contribution in [0.4, 0.5) is 15.5 Å². The first kappa shape index (κ1) is 31.1. The van der Waals surface area contributed by atoms with E-state index in [2.05, 4.69) is 16.7 Å². The Labute approximate surface area is 265 Å². The molecule has 10 heteroatoms. The van der Waals surface area contributed by atoms with Gasteiger partial charge in [-0.3, -0.25) is 9.59 Å². The van der Waals surface area contributed by atoms with Gasteiger partial charge in [0, 0.05) is 27.6 Å². The number of nitrogens with zero attached hydrogens (tertiary/aromatic N) is 2. The van der Waals surface area contributed by atoms with E-state index in [4.69, 9.17) is 4.74 Å². The van der Waals surface area contributed by atoms with Crippen molar-refractivity contribution in [1.29, 1.82) is 5.26 Å². The highest BCUT2D eigenvalue weighted by molar-refractivity contribution is 8.00. The fourth-order valence-electron chi connectivity index (χ4n) is 4.95. The van der Waals surface area contributed by atoms with Crippen LogP contribution >= 0.6 is 23.1 Å². The van der Waals surface area contributed by atoms with Gasteiger partial charge in [0.25, 0.3) is 5.91 Å². The van der Waals surface area contributed by atoms with Gasteiger partial charge in [-0.2, -0.15) is 5.26 Å². The number of carbonyl (C=O) groups excluding carboxylic acids is 3. The van der Waals surface area contributed by atoms with Crippen LogP contribution in [0.2, 0.25) is 0 Å². The SMILES string of the molecule is CCC(Sc1cccc(NC(=O)c2ccc3ccccc3c2)c1)C(=O)Nc1sc2c(c1C#N)CCN(C(=O)OC(C)(C)C)C2. The van der Waals surface area contributed by atoms with Crippen LogP contribution in [0, 0.1) is 11.3 Å². The van der Waals surface area contributed by atoms with E-state index in [1.165, 1.54) is 23.1 Å². The summed E-state index contributed by atoms with van der Waals surface area (Å²) in [4.78, 5) is 42.4. The normalized spacial score (nSPS) is 13.5. The molecule has 3 aromatic carbocycles. The first-order valence-electron chi connectivity index (χ1n) is 14.4. The summed E-state index contributed by atoms with van der Waals surface area (Å²) in [5.74, 6) is -0.416. The topological polar surface area (TPSA) is 112 Å². The zero-order chi connectivity index (χ0) is 31.4. The number of nitrogens with one attached hydrogen (secondary N) is 2. The van der Waals surface area contributed by atoms with Crippen LogP contribution in [0.1, 0.15) is 60.5 Å². The van der Waals surface area contributed by atoms with Crippen molar-refractivity contribution >= 4 is 62.5 Å². The number of ether oxygens (including phenoxy) is 1. The monoisotopic (exact) mass is 626 g/mol. The summed E-state index contributed by atoms with van der Waals surface area (Å²) in [6.45, 7) is 8.20. The average molecular weight is 627 g/mol. The molecule has 0 spiro atoms. The molecule has 226 valence electrons. The van der Waals surface area contributed by atoms with Crippen LogP contribution < -0.4 is 10.6 Å². The summed E-state index contributed by atoms with van der Waals surface area (Å²) in [6, 6.07) is 23.2. The fraction of sp³-hybridized carbons (Fsp3) is 0.294. The second-order valence-corrected chi connectivity index (χ2v) is 13.9. The van der Waals surface area contributed by atoms with Crippen LogP contribution in [-0.4, -0.2) is 40.2 Å². The van der Waals surface area contributed by atoms with E-state index in [9.17, 15) is 19.6 Å². The molecule has 1 unspecified atom stereocenters. The van der Waals surface area contributed by atoms with Crippen LogP contribution in [0.25, 0.3) is 10.8 Å². The number of amides is 3. The maximum atomic E-state index is 13.4. The van der Waals surface area contributed by atoms with Gasteiger partial charge in [-0.15, -0.1) is 23.1 Å². The zero-order valence-corrected chi connectivity index (χ0v) is 26.7. The minimum atomic E-state index is -0.598. The highest BCUT2D eigenvalue weighted by Crippen LogP contribution is 2.38. The van der Waals surface area contributed by atoms with Gasteiger partial charge in [-0.1, -0.05) is 43.3 Å². The summed E-state index contributed by atoms with van der Waals surface area (Å²) in [7, 11) is 0. The van der Waals surface area contributed by atoms with Gasteiger partial charge in [-0.05, 0) is 80.3 Å². The Morgan fingerprint density at radius 2 is 1.82 bits per heavy atom. The molecule has 0 saturated heterocycles. The predicted molar refractivity (Wildman–Crippen MR) is 176 cm³/mol. The largest absolute Gasteiger partial charge is 0.444 e. The van der Waals surface area contributed by atoms with Gasteiger partial charge in [0.15, 0.2) is 0 Å².